The van der Waals surface area contributed by atoms with Gasteiger partial charge in [-0.3, -0.25) is 0 Å². The molecule has 1 heterocycles. The highest BCUT2D eigenvalue weighted by Crippen LogP contribution is 2.54. The average Bonchev–Trinajstić information content (AvgIpc) is 2.72. The van der Waals surface area contributed by atoms with Crippen LogP contribution in [0.25, 0.3) is 0 Å². The van der Waals surface area contributed by atoms with Gasteiger partial charge in [-0.25, -0.2) is 0 Å². The van der Waals surface area contributed by atoms with Gasteiger partial charge in [0.1, 0.15) is 0 Å². The van der Waals surface area contributed by atoms with Crippen molar-refractivity contribution in [1.29, 1.82) is 0 Å². The van der Waals surface area contributed by atoms with Crippen LogP contribution < -0.4 is 0 Å². The molecule has 74 valence electrons. The molecule has 0 radical (unpaired) electrons. The quantitative estimate of drug-likeness (QED) is 0.617. The van der Waals surface area contributed by atoms with Gasteiger partial charge in [0, 0.05) is 25.5 Å². The number of alkyl halides is 1. The summed E-state index contributed by atoms with van der Waals surface area (Å²) in [6.45, 7) is 3.84. The Morgan fingerprint density at radius 3 is 2.23 bits per heavy atom. The van der Waals surface area contributed by atoms with Gasteiger partial charge in [0.25, 0.3) is 0 Å². The van der Waals surface area contributed by atoms with Crippen molar-refractivity contribution in [1.82, 2.24) is 4.90 Å². The molecule has 0 N–H and O–H groups in total. The number of likely N-dealkylation sites (tertiary alicyclic amines) is 1. The molecule has 3 rings (SSSR count). The number of nitrogens with zero attached hydrogens (tertiary/aromatic N) is 1. The van der Waals surface area contributed by atoms with Crippen molar-refractivity contribution in [2.24, 2.45) is 23.7 Å². The van der Waals surface area contributed by atoms with E-state index < -0.39 is 0 Å². The number of fused-ring (bicyclic) bond motifs is 5. The van der Waals surface area contributed by atoms with Crippen LogP contribution >= 0.6 is 11.6 Å². The minimum Gasteiger partial charge on any atom is -0.302 e. The van der Waals surface area contributed by atoms with E-state index in [-0.39, 0.29) is 0 Å². The van der Waals surface area contributed by atoms with Crippen LogP contribution in [0.1, 0.15) is 19.3 Å². The van der Waals surface area contributed by atoms with Crippen LogP contribution in [0.2, 0.25) is 0 Å². The van der Waals surface area contributed by atoms with Crippen molar-refractivity contribution in [3.05, 3.63) is 0 Å². The van der Waals surface area contributed by atoms with Gasteiger partial charge in [-0.2, -0.15) is 0 Å². The Labute approximate surface area is 85.4 Å². The summed E-state index contributed by atoms with van der Waals surface area (Å²) in [4.78, 5) is 2.59. The van der Waals surface area contributed by atoms with Gasteiger partial charge in [-0.05, 0) is 42.9 Å². The lowest BCUT2D eigenvalue weighted by molar-refractivity contribution is 0.281. The monoisotopic (exact) mass is 199 g/mol. The van der Waals surface area contributed by atoms with Crippen LogP contribution in [0, 0.1) is 23.7 Å². The summed E-state index contributed by atoms with van der Waals surface area (Å²) >= 11 is 5.78. The van der Waals surface area contributed by atoms with Crippen molar-refractivity contribution in [3.8, 4) is 0 Å². The molecular formula is C11H18ClN. The van der Waals surface area contributed by atoms with Crippen molar-refractivity contribution in [2.75, 3.05) is 25.5 Å². The van der Waals surface area contributed by atoms with Crippen molar-refractivity contribution in [2.45, 2.75) is 19.3 Å². The first-order chi connectivity index (χ1) is 6.38. The van der Waals surface area contributed by atoms with Gasteiger partial charge in [0.15, 0.2) is 0 Å². The molecule has 13 heavy (non-hydrogen) atoms. The second-order valence-electron chi connectivity index (χ2n) is 5.11. The third kappa shape index (κ3) is 1.24. The fraction of sp³-hybridized carbons (Fsp3) is 1.00. The molecule has 0 aromatic heterocycles. The van der Waals surface area contributed by atoms with Crippen molar-refractivity contribution >= 4 is 11.6 Å². The molecule has 2 aliphatic carbocycles. The van der Waals surface area contributed by atoms with Crippen LogP contribution in [0.3, 0.4) is 0 Å². The summed E-state index contributed by atoms with van der Waals surface area (Å²) in [5.74, 6) is 5.11. The normalized spacial score (nSPS) is 48.7. The van der Waals surface area contributed by atoms with E-state index in [0.717, 1.165) is 36.1 Å². The van der Waals surface area contributed by atoms with Crippen LogP contribution in [-0.4, -0.2) is 30.4 Å². The summed E-state index contributed by atoms with van der Waals surface area (Å²) in [5, 5.41) is 0. The molecule has 3 fully saturated rings. The molecule has 0 aromatic carbocycles. The van der Waals surface area contributed by atoms with Crippen LogP contribution in [0.15, 0.2) is 0 Å². The largest absolute Gasteiger partial charge is 0.302 e. The predicted octanol–water partition coefficient (Wildman–Crippen LogP) is 2.20. The molecule has 2 unspecified atom stereocenters. The molecule has 2 bridgehead atoms. The van der Waals surface area contributed by atoms with E-state index in [9.17, 15) is 0 Å². The molecule has 4 atom stereocenters. The number of hydrogen-bond donors (Lipinski definition) is 0. The van der Waals surface area contributed by atoms with Crippen LogP contribution in [0.5, 0.6) is 0 Å². The molecule has 1 nitrogen and oxygen atoms in total. The molecule has 2 saturated carbocycles. The highest BCUT2D eigenvalue weighted by molar-refractivity contribution is 6.18. The lowest BCUT2D eigenvalue weighted by Gasteiger charge is -2.22. The van der Waals surface area contributed by atoms with Crippen molar-refractivity contribution in [3.63, 3.8) is 0 Å². The van der Waals surface area contributed by atoms with Gasteiger partial charge in [0.05, 0.1) is 0 Å². The maximum Gasteiger partial charge on any atom is 0.0351 e. The molecule has 2 heteroatoms. The van der Waals surface area contributed by atoms with Gasteiger partial charge < -0.3 is 4.90 Å². The number of halogens is 1. The maximum absolute atomic E-state index is 5.78. The third-order valence-electron chi connectivity index (χ3n) is 4.61. The van der Waals surface area contributed by atoms with Gasteiger partial charge in [-0.1, -0.05) is 0 Å². The zero-order valence-corrected chi connectivity index (χ0v) is 8.84. The maximum atomic E-state index is 5.78. The van der Waals surface area contributed by atoms with E-state index in [2.05, 4.69) is 4.90 Å². The average molecular weight is 200 g/mol. The first kappa shape index (κ1) is 8.55. The standard InChI is InChI=1S/C11H18ClN/c12-3-4-13-6-10-8-1-2-9(5-8)11(10)7-13/h8-11H,1-7H2/t8?,9?,10-,11+. The molecule has 1 saturated heterocycles. The first-order valence-corrected chi connectivity index (χ1v) is 6.20. The van der Waals surface area contributed by atoms with Gasteiger partial charge >= 0.3 is 0 Å². The van der Waals surface area contributed by atoms with Gasteiger partial charge in [-0.15, -0.1) is 11.6 Å². The Balaban J connectivity index is 1.69. The molecule has 3 aliphatic rings. The minimum absolute atomic E-state index is 0.814. The highest BCUT2D eigenvalue weighted by atomic mass is 35.5. The van der Waals surface area contributed by atoms with Gasteiger partial charge in [0.2, 0.25) is 0 Å². The summed E-state index contributed by atoms with van der Waals surface area (Å²) < 4.78 is 0. The molecule has 0 aromatic rings. The summed E-state index contributed by atoms with van der Waals surface area (Å²) in [6, 6.07) is 0. The van der Waals surface area contributed by atoms with Crippen LogP contribution in [-0.2, 0) is 0 Å². The zero-order valence-electron chi connectivity index (χ0n) is 8.08. The molecular weight excluding hydrogens is 182 g/mol. The lowest BCUT2D eigenvalue weighted by Crippen LogP contribution is -2.24. The topological polar surface area (TPSA) is 3.24 Å². The zero-order chi connectivity index (χ0) is 8.84. The Bertz CT molecular complexity index is 188. The Kier molecular flexibility index (Phi) is 2.06. The summed E-state index contributed by atoms with van der Waals surface area (Å²) in [7, 11) is 0. The fourth-order valence-electron chi connectivity index (χ4n) is 4.07. The highest BCUT2D eigenvalue weighted by Gasteiger charge is 2.51. The van der Waals surface area contributed by atoms with E-state index >= 15 is 0 Å². The first-order valence-electron chi connectivity index (χ1n) is 5.67. The fourth-order valence-corrected chi connectivity index (χ4v) is 4.31. The third-order valence-corrected chi connectivity index (χ3v) is 4.78. The van der Waals surface area contributed by atoms with E-state index in [1.807, 2.05) is 0 Å². The Hall–Kier alpha value is 0.250. The summed E-state index contributed by atoms with van der Waals surface area (Å²) in [5.41, 5.74) is 0. The number of rotatable bonds is 2. The molecule has 1 aliphatic heterocycles. The Morgan fingerprint density at radius 1 is 1.08 bits per heavy atom. The predicted molar refractivity (Wildman–Crippen MR) is 55.0 cm³/mol. The van der Waals surface area contributed by atoms with E-state index in [1.54, 1.807) is 6.42 Å². The van der Waals surface area contributed by atoms with E-state index in [0.29, 0.717) is 0 Å². The molecule has 0 spiro atoms. The smallest absolute Gasteiger partial charge is 0.0351 e. The minimum atomic E-state index is 0.814. The lowest BCUT2D eigenvalue weighted by atomic mass is 9.82. The van der Waals surface area contributed by atoms with E-state index in [1.165, 1.54) is 25.9 Å². The molecule has 0 amide bonds. The Morgan fingerprint density at radius 2 is 1.69 bits per heavy atom. The number of hydrogen-bond acceptors (Lipinski definition) is 1. The SMILES string of the molecule is ClCCN1C[C@@H]2C3CCC(C3)[C@@H]2C1. The van der Waals surface area contributed by atoms with Crippen molar-refractivity contribution < 1.29 is 0 Å². The second kappa shape index (κ2) is 3.13. The second-order valence-corrected chi connectivity index (χ2v) is 5.49. The van der Waals surface area contributed by atoms with Crippen LogP contribution in [0.4, 0.5) is 0 Å². The summed E-state index contributed by atoms with van der Waals surface area (Å²) in [6.07, 6.45) is 4.62. The van der Waals surface area contributed by atoms with E-state index in [4.69, 9.17) is 11.6 Å².